The van der Waals surface area contributed by atoms with Crippen molar-refractivity contribution in [3.63, 3.8) is 0 Å². The number of nitrogens with zero attached hydrogens (tertiary/aromatic N) is 2. The molecule has 1 heterocycles. The molecule has 94 valence electrons. The van der Waals surface area contributed by atoms with Gasteiger partial charge in [-0.05, 0) is 0 Å². The van der Waals surface area contributed by atoms with Crippen LogP contribution < -0.4 is 10.6 Å². The highest BCUT2D eigenvalue weighted by Gasteiger charge is 2.10. The van der Waals surface area contributed by atoms with Crippen molar-refractivity contribution in [3.05, 3.63) is 42.0 Å². The van der Waals surface area contributed by atoms with Gasteiger partial charge in [0.15, 0.2) is 17.5 Å². The molecule has 1 aromatic heterocycles. The molecule has 0 radical (unpaired) electrons. The number of halogens is 3. The summed E-state index contributed by atoms with van der Waals surface area (Å²) in [6, 6.07) is 3.23. The van der Waals surface area contributed by atoms with Gasteiger partial charge in [0.25, 0.3) is 0 Å². The van der Waals surface area contributed by atoms with Crippen LogP contribution in [0.5, 0.6) is 0 Å². The van der Waals surface area contributed by atoms with Gasteiger partial charge in [-0.15, -0.1) is 0 Å². The number of nitrogens with one attached hydrogen (secondary N) is 2. The monoisotopic (exact) mass is 254 g/mol. The van der Waals surface area contributed by atoms with Gasteiger partial charge < -0.3 is 10.6 Å². The van der Waals surface area contributed by atoms with E-state index in [0.717, 1.165) is 12.1 Å². The Morgan fingerprint density at radius 1 is 0.944 bits per heavy atom. The lowest BCUT2D eigenvalue weighted by molar-refractivity contribution is 0.448. The van der Waals surface area contributed by atoms with Gasteiger partial charge in [-0.1, -0.05) is 0 Å². The summed E-state index contributed by atoms with van der Waals surface area (Å²) < 4.78 is 38.7. The fourth-order valence-corrected chi connectivity index (χ4v) is 1.34. The van der Waals surface area contributed by atoms with Gasteiger partial charge in [-0.2, -0.15) is 0 Å². The molecule has 0 aliphatic carbocycles. The highest BCUT2D eigenvalue weighted by molar-refractivity contribution is 5.58. The lowest BCUT2D eigenvalue weighted by atomic mass is 10.3. The van der Waals surface area contributed by atoms with E-state index in [1.54, 1.807) is 13.1 Å². The van der Waals surface area contributed by atoms with Gasteiger partial charge in [0, 0.05) is 30.9 Å². The Hall–Kier alpha value is -2.31. The van der Waals surface area contributed by atoms with Gasteiger partial charge in [-0.25, -0.2) is 23.1 Å². The van der Waals surface area contributed by atoms with Crippen LogP contribution in [-0.2, 0) is 0 Å². The van der Waals surface area contributed by atoms with Gasteiger partial charge in [-0.3, -0.25) is 0 Å². The molecular weight excluding hydrogens is 245 g/mol. The third kappa shape index (κ3) is 2.50. The largest absolute Gasteiger partial charge is 0.373 e. The Labute approximate surface area is 101 Å². The van der Waals surface area contributed by atoms with E-state index in [0.29, 0.717) is 11.6 Å². The summed E-state index contributed by atoms with van der Waals surface area (Å²) >= 11 is 0. The van der Waals surface area contributed by atoms with Crippen LogP contribution in [0.15, 0.2) is 24.5 Å². The lowest BCUT2D eigenvalue weighted by Gasteiger charge is -2.07. The minimum Gasteiger partial charge on any atom is -0.373 e. The summed E-state index contributed by atoms with van der Waals surface area (Å²) in [4.78, 5) is 7.74. The molecule has 2 N–H and O–H groups in total. The number of hydrogen-bond donors (Lipinski definition) is 2. The molecule has 2 aromatic rings. The van der Waals surface area contributed by atoms with Crippen molar-refractivity contribution >= 4 is 17.3 Å². The molecule has 0 saturated heterocycles. The van der Waals surface area contributed by atoms with E-state index in [1.165, 1.54) is 6.33 Å². The Balaban J connectivity index is 2.28. The molecule has 0 aliphatic heterocycles. The molecule has 18 heavy (non-hydrogen) atoms. The zero-order valence-corrected chi connectivity index (χ0v) is 9.34. The van der Waals surface area contributed by atoms with Crippen LogP contribution in [0.3, 0.4) is 0 Å². The molecule has 1 aromatic carbocycles. The van der Waals surface area contributed by atoms with Gasteiger partial charge >= 0.3 is 0 Å². The van der Waals surface area contributed by atoms with E-state index in [9.17, 15) is 13.2 Å². The zero-order chi connectivity index (χ0) is 13.1. The molecule has 0 unspecified atom stereocenters. The second-order valence-corrected chi connectivity index (χ2v) is 3.42. The number of anilines is 3. The van der Waals surface area contributed by atoms with E-state index >= 15 is 0 Å². The second kappa shape index (κ2) is 4.91. The first-order valence-electron chi connectivity index (χ1n) is 5.01. The Kier molecular flexibility index (Phi) is 3.31. The lowest BCUT2D eigenvalue weighted by Crippen LogP contribution is -2.00. The molecule has 0 saturated carbocycles. The fourth-order valence-electron chi connectivity index (χ4n) is 1.34. The minimum absolute atomic E-state index is 0.0622. The van der Waals surface area contributed by atoms with Crippen molar-refractivity contribution in [2.24, 2.45) is 0 Å². The average molecular weight is 254 g/mol. The van der Waals surface area contributed by atoms with Crippen LogP contribution in [0.4, 0.5) is 30.5 Å². The van der Waals surface area contributed by atoms with Gasteiger partial charge in [0.05, 0.1) is 0 Å². The number of rotatable bonds is 3. The summed E-state index contributed by atoms with van der Waals surface area (Å²) in [5.41, 5.74) is 0.0622. The summed E-state index contributed by atoms with van der Waals surface area (Å²) in [6.07, 6.45) is 1.28. The van der Waals surface area contributed by atoms with Gasteiger partial charge in [0.1, 0.15) is 18.0 Å². The van der Waals surface area contributed by atoms with Crippen molar-refractivity contribution in [1.29, 1.82) is 0 Å². The van der Waals surface area contributed by atoms with Crippen molar-refractivity contribution < 1.29 is 13.2 Å². The molecular formula is C11H9F3N4. The third-order valence-electron chi connectivity index (χ3n) is 2.18. The van der Waals surface area contributed by atoms with Crippen molar-refractivity contribution in [1.82, 2.24) is 9.97 Å². The maximum absolute atomic E-state index is 13.0. The van der Waals surface area contributed by atoms with E-state index in [2.05, 4.69) is 20.6 Å². The summed E-state index contributed by atoms with van der Waals surface area (Å²) in [6.45, 7) is 0. The van der Waals surface area contributed by atoms with Crippen LogP contribution in [0.2, 0.25) is 0 Å². The van der Waals surface area contributed by atoms with E-state index < -0.39 is 17.5 Å². The Morgan fingerprint density at radius 2 is 1.56 bits per heavy atom. The SMILES string of the molecule is CNc1cc(Nc2cc(F)c(F)c(F)c2)ncn1. The maximum atomic E-state index is 13.0. The fraction of sp³-hybridized carbons (Fsp3) is 0.0909. The van der Waals surface area contributed by atoms with E-state index in [4.69, 9.17) is 0 Å². The molecule has 0 aliphatic rings. The molecule has 4 nitrogen and oxygen atoms in total. The van der Waals surface area contributed by atoms with Crippen LogP contribution in [0.1, 0.15) is 0 Å². The highest BCUT2D eigenvalue weighted by Crippen LogP contribution is 2.21. The number of hydrogen-bond acceptors (Lipinski definition) is 4. The summed E-state index contributed by atoms with van der Waals surface area (Å²) in [5.74, 6) is -3.16. The van der Waals surface area contributed by atoms with E-state index in [1.807, 2.05) is 0 Å². The van der Waals surface area contributed by atoms with Crippen molar-refractivity contribution in [3.8, 4) is 0 Å². The molecule has 0 atom stereocenters. The van der Waals surface area contributed by atoms with Crippen LogP contribution in [0, 0.1) is 17.5 Å². The first-order chi connectivity index (χ1) is 8.60. The molecule has 0 spiro atoms. The predicted molar refractivity (Wildman–Crippen MR) is 61.2 cm³/mol. The first-order valence-corrected chi connectivity index (χ1v) is 5.01. The molecule has 7 heteroatoms. The zero-order valence-electron chi connectivity index (χ0n) is 9.34. The highest BCUT2D eigenvalue weighted by atomic mass is 19.2. The molecule has 2 rings (SSSR count). The minimum atomic E-state index is -1.50. The average Bonchev–Trinajstić information content (AvgIpc) is 2.36. The van der Waals surface area contributed by atoms with Crippen molar-refractivity contribution in [2.75, 3.05) is 17.7 Å². The van der Waals surface area contributed by atoms with Crippen LogP contribution in [0.25, 0.3) is 0 Å². The molecule has 0 bridgehead atoms. The molecule has 0 amide bonds. The van der Waals surface area contributed by atoms with Crippen LogP contribution in [-0.4, -0.2) is 17.0 Å². The maximum Gasteiger partial charge on any atom is 0.194 e. The van der Waals surface area contributed by atoms with E-state index in [-0.39, 0.29) is 5.69 Å². The summed E-state index contributed by atoms with van der Waals surface area (Å²) in [7, 11) is 1.67. The summed E-state index contributed by atoms with van der Waals surface area (Å²) in [5, 5.41) is 5.44. The number of benzene rings is 1. The Morgan fingerprint density at radius 3 is 2.17 bits per heavy atom. The standard InChI is InChI=1S/C11H9F3N4/c1-15-9-4-10(17-5-16-9)18-6-2-7(12)11(14)8(13)3-6/h2-5H,1H3,(H2,15,16,17,18). The molecule has 0 fully saturated rings. The van der Waals surface area contributed by atoms with Crippen molar-refractivity contribution in [2.45, 2.75) is 0 Å². The van der Waals surface area contributed by atoms with Gasteiger partial charge in [0.2, 0.25) is 0 Å². The smallest absolute Gasteiger partial charge is 0.194 e. The predicted octanol–water partition coefficient (Wildman–Crippen LogP) is 2.68. The third-order valence-corrected chi connectivity index (χ3v) is 2.18. The topological polar surface area (TPSA) is 49.8 Å². The van der Waals surface area contributed by atoms with Crippen LogP contribution >= 0.6 is 0 Å². The first kappa shape index (κ1) is 12.2. The quantitative estimate of drug-likeness (QED) is 0.827. The second-order valence-electron chi connectivity index (χ2n) is 3.42. The Bertz CT molecular complexity index is 551. The normalized spacial score (nSPS) is 10.2. The number of aromatic nitrogens is 2.